The maximum atomic E-state index is 13.0. The molecule has 1 aromatic rings. The van der Waals surface area contributed by atoms with E-state index in [0.717, 1.165) is 64.7 Å². The van der Waals surface area contributed by atoms with Gasteiger partial charge in [-0.25, -0.2) is 0 Å². The van der Waals surface area contributed by atoms with E-state index >= 15 is 0 Å². The molecule has 1 aromatic carbocycles. The second-order valence-electron chi connectivity index (χ2n) is 10.6. The maximum absolute atomic E-state index is 13.0. The maximum Gasteiger partial charge on any atom is 0.307 e. The number of fused-ring (bicyclic) bond motifs is 3. The van der Waals surface area contributed by atoms with Crippen molar-refractivity contribution in [3.05, 3.63) is 22.7 Å². The number of likely N-dealkylation sites (tertiary alicyclic amines) is 1. The molecule has 1 amide bonds. The number of hydrogen-bond acceptors (Lipinski definition) is 9. The van der Waals surface area contributed by atoms with E-state index in [1.54, 1.807) is 13.2 Å². The van der Waals surface area contributed by atoms with Crippen LogP contribution in [0.15, 0.2) is 12.1 Å². The number of unbranched alkanes of at least 4 members (excludes halogenated alkanes) is 2. The predicted molar refractivity (Wildman–Crippen MR) is 144 cm³/mol. The van der Waals surface area contributed by atoms with Crippen LogP contribution in [-0.4, -0.2) is 98.2 Å². The quantitative estimate of drug-likeness (QED) is 0.215. The number of aliphatic hydroxyl groups excluding tert-OH is 1. The number of hydrogen-bond donors (Lipinski definition) is 3. The molecule has 212 valence electrons. The number of aliphatic hydroxyl groups is 1. The Labute approximate surface area is 229 Å². The molecule has 2 bridgehead atoms. The third-order valence-corrected chi connectivity index (χ3v) is 8.40. The number of nitrogens with two attached hydrogens (primary N) is 1. The van der Waals surface area contributed by atoms with E-state index in [0.29, 0.717) is 24.4 Å². The van der Waals surface area contributed by atoms with Crippen molar-refractivity contribution >= 4 is 29.2 Å². The zero-order valence-corrected chi connectivity index (χ0v) is 23.1. The lowest BCUT2D eigenvalue weighted by Crippen LogP contribution is -2.59. The number of nitrogens with zero attached hydrogens (tertiary/aromatic N) is 2. The molecule has 4 aliphatic rings. The van der Waals surface area contributed by atoms with Gasteiger partial charge in [0.2, 0.25) is 0 Å². The van der Waals surface area contributed by atoms with Gasteiger partial charge in [-0.15, -0.1) is 0 Å². The molecule has 10 nitrogen and oxygen atoms in total. The second kappa shape index (κ2) is 13.3. The molecule has 4 heterocycles. The number of ether oxygens (including phenoxy) is 3. The monoisotopic (exact) mass is 552 g/mol. The van der Waals surface area contributed by atoms with Crippen LogP contribution >= 0.6 is 11.6 Å². The van der Waals surface area contributed by atoms with E-state index in [4.69, 9.17) is 31.5 Å². The van der Waals surface area contributed by atoms with E-state index in [2.05, 4.69) is 15.1 Å². The Hall–Kier alpha value is -2.11. The summed E-state index contributed by atoms with van der Waals surface area (Å²) >= 11 is 6.29. The molecule has 11 heteroatoms. The van der Waals surface area contributed by atoms with Crippen molar-refractivity contribution in [1.29, 1.82) is 0 Å². The number of piperidine rings is 4. The highest BCUT2D eigenvalue weighted by Gasteiger charge is 2.43. The lowest BCUT2D eigenvalue weighted by molar-refractivity contribution is -0.200. The Morgan fingerprint density at radius 1 is 1.13 bits per heavy atom. The molecule has 0 aliphatic carbocycles. The largest absolute Gasteiger partial charge is 0.496 e. The molecule has 5 rings (SSSR count). The van der Waals surface area contributed by atoms with E-state index in [1.165, 1.54) is 13.2 Å². The number of halogens is 1. The van der Waals surface area contributed by atoms with Crippen LogP contribution in [0.1, 0.15) is 55.3 Å². The van der Waals surface area contributed by atoms with E-state index in [1.807, 2.05) is 0 Å². The molecule has 4 aliphatic heterocycles. The van der Waals surface area contributed by atoms with Crippen LogP contribution in [0.25, 0.3) is 0 Å². The Bertz CT molecular complexity index is 971. The lowest BCUT2D eigenvalue weighted by atomic mass is 9.84. The van der Waals surface area contributed by atoms with Crippen LogP contribution in [0.3, 0.4) is 0 Å². The van der Waals surface area contributed by atoms with Gasteiger partial charge in [-0.3, -0.25) is 14.5 Å². The molecular formula is C27H41ClN4O6. The van der Waals surface area contributed by atoms with Crippen LogP contribution in [0, 0.1) is 5.92 Å². The Kier molecular flexibility index (Phi) is 10.1. The zero-order chi connectivity index (χ0) is 27.2. The predicted octanol–water partition coefficient (Wildman–Crippen LogP) is 2.27. The van der Waals surface area contributed by atoms with Crippen LogP contribution < -0.4 is 15.8 Å². The van der Waals surface area contributed by atoms with Crippen molar-refractivity contribution in [2.45, 2.75) is 69.4 Å². The average molecular weight is 553 g/mol. The first-order valence-corrected chi connectivity index (χ1v) is 14.0. The van der Waals surface area contributed by atoms with Crippen LogP contribution in [0.2, 0.25) is 5.02 Å². The van der Waals surface area contributed by atoms with E-state index in [-0.39, 0.29) is 40.5 Å². The summed E-state index contributed by atoms with van der Waals surface area (Å²) in [7, 11) is 3.13. The SMILES string of the molecule is COc1cc(N)cc(Cl)c1C(=O)N[C@@H]1CCN(CCCCCC(=O)O[C@@H]2[C@H](O)C3CCN2CC3)C[C@@H]1OC. The number of amides is 1. The number of carbonyl (C=O) groups is 2. The number of methoxy groups -OCH3 is 2. The summed E-state index contributed by atoms with van der Waals surface area (Å²) in [6.45, 7) is 4.21. The topological polar surface area (TPSA) is 127 Å². The van der Waals surface area contributed by atoms with Crippen LogP contribution in [0.5, 0.6) is 5.75 Å². The summed E-state index contributed by atoms with van der Waals surface area (Å²) in [5.74, 6) is 0.0482. The zero-order valence-electron chi connectivity index (χ0n) is 22.4. The van der Waals surface area contributed by atoms with Crippen molar-refractivity contribution in [2.75, 3.05) is 52.7 Å². The van der Waals surface area contributed by atoms with Crippen molar-refractivity contribution in [3.8, 4) is 5.75 Å². The molecule has 4 N–H and O–H groups in total. The molecule has 4 atom stereocenters. The van der Waals surface area contributed by atoms with Crippen molar-refractivity contribution < 1.29 is 28.9 Å². The molecule has 38 heavy (non-hydrogen) atoms. The van der Waals surface area contributed by atoms with Gasteiger partial charge in [0.05, 0.1) is 24.3 Å². The standard InChI is InChI=1S/C27H41ClN4O6/c1-36-21-15-18(29)14-19(28)24(21)26(35)30-20-9-11-31(16-22(20)37-2)10-5-3-4-6-23(33)38-27-25(34)17-7-12-32(27)13-8-17/h14-15,17,20,22,25,27,34H,3-13,16,29H2,1-2H3,(H,30,35)/t20-,22+,25-,27-/m1/s1. The molecule has 0 radical (unpaired) electrons. The summed E-state index contributed by atoms with van der Waals surface area (Å²) in [6, 6.07) is 2.96. The van der Waals surface area contributed by atoms with Crippen molar-refractivity contribution in [3.63, 3.8) is 0 Å². The van der Waals surface area contributed by atoms with Gasteiger partial charge in [0.1, 0.15) is 17.4 Å². The molecule has 0 unspecified atom stereocenters. The number of benzene rings is 1. The fraction of sp³-hybridized carbons (Fsp3) is 0.704. The van der Waals surface area contributed by atoms with Gasteiger partial charge in [-0.1, -0.05) is 18.0 Å². The van der Waals surface area contributed by atoms with Gasteiger partial charge < -0.3 is 35.3 Å². The lowest BCUT2D eigenvalue weighted by Gasteiger charge is -2.47. The van der Waals surface area contributed by atoms with Gasteiger partial charge in [-0.05, 0) is 50.6 Å². The minimum atomic E-state index is -0.562. The Morgan fingerprint density at radius 3 is 2.58 bits per heavy atom. The number of nitrogen functional groups attached to an aromatic ring is 1. The first-order valence-electron chi connectivity index (χ1n) is 13.6. The first-order chi connectivity index (χ1) is 18.3. The number of carbonyl (C=O) groups excluding carboxylic acids is 2. The first kappa shape index (κ1) is 28.9. The minimum absolute atomic E-state index is 0.155. The number of rotatable bonds is 11. The fourth-order valence-corrected chi connectivity index (χ4v) is 6.20. The molecule has 0 spiro atoms. The Balaban J connectivity index is 1.16. The highest BCUT2D eigenvalue weighted by Crippen LogP contribution is 2.33. The van der Waals surface area contributed by atoms with Crippen molar-refractivity contribution in [2.24, 2.45) is 5.92 Å². The number of nitrogens with one attached hydrogen (secondary N) is 1. The van der Waals surface area contributed by atoms with Crippen molar-refractivity contribution in [1.82, 2.24) is 15.1 Å². The van der Waals surface area contributed by atoms with Gasteiger partial charge in [0, 0.05) is 51.5 Å². The highest BCUT2D eigenvalue weighted by atomic mass is 35.5. The Morgan fingerprint density at radius 2 is 1.89 bits per heavy atom. The van der Waals surface area contributed by atoms with E-state index in [9.17, 15) is 14.7 Å². The van der Waals surface area contributed by atoms with Gasteiger partial charge >= 0.3 is 5.97 Å². The van der Waals surface area contributed by atoms with Crippen LogP contribution in [-0.2, 0) is 14.3 Å². The molecule has 4 saturated heterocycles. The summed E-state index contributed by atoms with van der Waals surface area (Å²) in [5.41, 5.74) is 6.51. The molecule has 0 aromatic heterocycles. The molecular weight excluding hydrogens is 512 g/mol. The summed E-state index contributed by atoms with van der Waals surface area (Å²) in [4.78, 5) is 29.8. The number of esters is 1. The number of anilines is 1. The van der Waals surface area contributed by atoms with Gasteiger partial charge in [-0.2, -0.15) is 0 Å². The highest BCUT2D eigenvalue weighted by molar-refractivity contribution is 6.34. The summed E-state index contributed by atoms with van der Waals surface area (Å²) in [6.07, 6.45) is 4.51. The van der Waals surface area contributed by atoms with Crippen LogP contribution in [0.4, 0.5) is 5.69 Å². The average Bonchev–Trinajstić information content (AvgIpc) is 2.90. The normalized spacial score (nSPS) is 29.2. The third-order valence-electron chi connectivity index (χ3n) is 8.10. The van der Waals surface area contributed by atoms with Gasteiger partial charge in [0.15, 0.2) is 6.23 Å². The molecule has 0 saturated carbocycles. The van der Waals surface area contributed by atoms with Gasteiger partial charge in [0.25, 0.3) is 5.91 Å². The second-order valence-corrected chi connectivity index (χ2v) is 11.0. The molecule has 4 fully saturated rings. The minimum Gasteiger partial charge on any atom is -0.496 e. The smallest absolute Gasteiger partial charge is 0.307 e. The summed E-state index contributed by atoms with van der Waals surface area (Å²) in [5, 5.41) is 13.7. The van der Waals surface area contributed by atoms with E-state index < -0.39 is 12.3 Å². The third kappa shape index (κ3) is 6.90. The summed E-state index contributed by atoms with van der Waals surface area (Å²) < 4.78 is 16.6. The fourth-order valence-electron chi connectivity index (χ4n) is 5.89.